The molecule has 8 heteroatoms. The molecule has 2 rings (SSSR count). The molecule has 1 atom stereocenters. The van der Waals surface area contributed by atoms with Gasteiger partial charge in [0.2, 0.25) is 5.91 Å². The summed E-state index contributed by atoms with van der Waals surface area (Å²) in [6.45, 7) is -2.87. The second-order valence-electron chi connectivity index (χ2n) is 5.23. The zero-order valence-electron chi connectivity index (χ0n) is 12.3. The van der Waals surface area contributed by atoms with Gasteiger partial charge in [0.05, 0.1) is 0 Å². The highest BCUT2D eigenvalue weighted by molar-refractivity contribution is 6.30. The van der Waals surface area contributed by atoms with Crippen molar-refractivity contribution in [1.82, 2.24) is 10.2 Å². The van der Waals surface area contributed by atoms with Gasteiger partial charge in [0.25, 0.3) is 5.91 Å². The molecule has 1 aromatic carbocycles. The Morgan fingerprint density at radius 2 is 2.04 bits per heavy atom. The van der Waals surface area contributed by atoms with Crippen molar-refractivity contribution < 1.29 is 23.1 Å². The van der Waals surface area contributed by atoms with Gasteiger partial charge < -0.3 is 15.0 Å². The lowest BCUT2D eigenvalue weighted by molar-refractivity contribution is -0.160. The van der Waals surface area contributed by atoms with E-state index in [0.29, 0.717) is 23.6 Å². The van der Waals surface area contributed by atoms with Gasteiger partial charge in [0, 0.05) is 29.7 Å². The van der Waals surface area contributed by atoms with Crippen LogP contribution in [0.5, 0.6) is 0 Å². The van der Waals surface area contributed by atoms with Gasteiger partial charge in [0.1, 0.15) is 6.61 Å². The Kier molecular flexibility index (Phi) is 6.29. The summed E-state index contributed by atoms with van der Waals surface area (Å²) < 4.78 is 28.0. The number of benzene rings is 1. The first-order chi connectivity index (χ1) is 11.0. The summed E-state index contributed by atoms with van der Waals surface area (Å²) in [4.78, 5) is 25.3. The van der Waals surface area contributed by atoms with Crippen molar-refractivity contribution in [3.8, 4) is 0 Å². The van der Waals surface area contributed by atoms with Crippen LogP contribution in [0.15, 0.2) is 24.3 Å². The molecular weight excluding hydrogens is 330 g/mol. The SMILES string of the molecule is O=C(N[C@H]1CCCN(C(=O)COC(F)F)C1)c1ccc(Cl)cc1. The molecule has 0 spiro atoms. The van der Waals surface area contributed by atoms with Crippen LogP contribution in [0.1, 0.15) is 23.2 Å². The number of hydrogen-bond donors (Lipinski definition) is 1. The number of rotatable bonds is 5. The number of carbonyl (C=O) groups is 2. The van der Waals surface area contributed by atoms with Gasteiger partial charge in [-0.3, -0.25) is 9.59 Å². The molecule has 1 N–H and O–H groups in total. The first-order valence-electron chi connectivity index (χ1n) is 7.19. The fourth-order valence-corrected chi connectivity index (χ4v) is 2.54. The lowest BCUT2D eigenvalue weighted by Gasteiger charge is -2.33. The van der Waals surface area contributed by atoms with E-state index in [4.69, 9.17) is 11.6 Å². The fraction of sp³-hybridized carbons (Fsp3) is 0.467. The van der Waals surface area contributed by atoms with E-state index in [0.717, 1.165) is 6.42 Å². The predicted octanol–water partition coefficient (Wildman–Crippen LogP) is 2.30. The Balaban J connectivity index is 1.87. The van der Waals surface area contributed by atoms with Crippen LogP contribution >= 0.6 is 11.6 Å². The number of alkyl halides is 2. The van der Waals surface area contributed by atoms with Crippen molar-refractivity contribution in [2.75, 3.05) is 19.7 Å². The molecule has 1 saturated heterocycles. The van der Waals surface area contributed by atoms with Crippen molar-refractivity contribution in [3.63, 3.8) is 0 Å². The van der Waals surface area contributed by atoms with Crippen LogP contribution in [0.25, 0.3) is 0 Å². The van der Waals surface area contributed by atoms with E-state index in [-0.39, 0.29) is 18.5 Å². The smallest absolute Gasteiger partial charge is 0.345 e. The van der Waals surface area contributed by atoms with Crippen molar-refractivity contribution in [3.05, 3.63) is 34.9 Å². The highest BCUT2D eigenvalue weighted by Gasteiger charge is 2.25. The van der Waals surface area contributed by atoms with E-state index in [1.165, 1.54) is 4.90 Å². The van der Waals surface area contributed by atoms with Gasteiger partial charge in [0.15, 0.2) is 0 Å². The molecule has 5 nitrogen and oxygen atoms in total. The number of hydrogen-bond acceptors (Lipinski definition) is 3. The van der Waals surface area contributed by atoms with E-state index in [1.807, 2.05) is 0 Å². The third kappa shape index (κ3) is 5.44. The van der Waals surface area contributed by atoms with Crippen LogP contribution in [-0.2, 0) is 9.53 Å². The van der Waals surface area contributed by atoms with Gasteiger partial charge >= 0.3 is 6.61 Å². The Morgan fingerprint density at radius 3 is 2.70 bits per heavy atom. The molecule has 1 heterocycles. The molecule has 23 heavy (non-hydrogen) atoms. The highest BCUT2D eigenvalue weighted by Crippen LogP contribution is 2.13. The third-order valence-electron chi connectivity index (χ3n) is 3.55. The minimum absolute atomic E-state index is 0.220. The minimum atomic E-state index is -2.97. The molecule has 1 aromatic rings. The van der Waals surface area contributed by atoms with Crippen LogP contribution in [0, 0.1) is 0 Å². The van der Waals surface area contributed by atoms with Gasteiger partial charge in [-0.1, -0.05) is 11.6 Å². The summed E-state index contributed by atoms with van der Waals surface area (Å²) >= 11 is 5.77. The van der Waals surface area contributed by atoms with Crippen molar-refractivity contribution >= 4 is 23.4 Å². The molecule has 1 fully saturated rings. The maximum atomic E-state index is 12.1. The molecular formula is C15H17ClF2N2O3. The lowest BCUT2D eigenvalue weighted by Crippen LogP contribution is -2.50. The number of halogens is 3. The zero-order chi connectivity index (χ0) is 16.8. The summed E-state index contributed by atoms with van der Waals surface area (Å²) in [5, 5.41) is 3.38. The molecule has 0 radical (unpaired) electrons. The quantitative estimate of drug-likeness (QED) is 0.890. The van der Waals surface area contributed by atoms with Gasteiger partial charge in [-0.25, -0.2) is 0 Å². The first kappa shape index (κ1) is 17.6. The van der Waals surface area contributed by atoms with Gasteiger partial charge in [-0.2, -0.15) is 8.78 Å². The molecule has 1 aliphatic heterocycles. The Labute approximate surface area is 137 Å². The fourth-order valence-electron chi connectivity index (χ4n) is 2.42. The summed E-state index contributed by atoms with van der Waals surface area (Å²) in [6, 6.07) is 6.24. The van der Waals surface area contributed by atoms with E-state index in [9.17, 15) is 18.4 Å². The Bertz CT molecular complexity index is 554. The van der Waals surface area contributed by atoms with Crippen molar-refractivity contribution in [2.45, 2.75) is 25.5 Å². The number of amides is 2. The van der Waals surface area contributed by atoms with Crippen LogP contribution < -0.4 is 5.32 Å². The topological polar surface area (TPSA) is 58.6 Å². The molecule has 0 aromatic heterocycles. The zero-order valence-corrected chi connectivity index (χ0v) is 13.1. The van der Waals surface area contributed by atoms with Gasteiger partial charge in [-0.05, 0) is 37.1 Å². The standard InChI is InChI=1S/C15H17ClF2N2O3/c16-11-5-3-10(4-6-11)14(22)19-12-2-1-7-20(8-12)13(21)9-23-15(17)18/h3-6,12,15H,1-2,7-9H2,(H,19,22)/t12-/m0/s1. The van der Waals surface area contributed by atoms with Crippen LogP contribution in [0.3, 0.4) is 0 Å². The molecule has 0 unspecified atom stereocenters. The third-order valence-corrected chi connectivity index (χ3v) is 3.80. The van der Waals surface area contributed by atoms with E-state index >= 15 is 0 Å². The van der Waals surface area contributed by atoms with Gasteiger partial charge in [-0.15, -0.1) is 0 Å². The van der Waals surface area contributed by atoms with E-state index in [1.54, 1.807) is 24.3 Å². The number of ether oxygens (including phenoxy) is 1. The van der Waals surface area contributed by atoms with Crippen molar-refractivity contribution in [2.24, 2.45) is 0 Å². The highest BCUT2D eigenvalue weighted by atomic mass is 35.5. The number of nitrogens with zero attached hydrogens (tertiary/aromatic N) is 1. The Morgan fingerprint density at radius 1 is 1.35 bits per heavy atom. The molecule has 0 saturated carbocycles. The summed E-state index contributed by atoms with van der Waals surface area (Å²) in [7, 11) is 0. The van der Waals surface area contributed by atoms with E-state index < -0.39 is 19.1 Å². The minimum Gasteiger partial charge on any atom is -0.348 e. The summed E-state index contributed by atoms with van der Waals surface area (Å²) in [6.07, 6.45) is 1.41. The average molecular weight is 347 g/mol. The second-order valence-corrected chi connectivity index (χ2v) is 5.67. The first-order valence-corrected chi connectivity index (χ1v) is 7.57. The van der Waals surface area contributed by atoms with Crippen molar-refractivity contribution in [1.29, 1.82) is 0 Å². The van der Waals surface area contributed by atoms with Crippen LogP contribution in [0.4, 0.5) is 8.78 Å². The number of likely N-dealkylation sites (tertiary alicyclic amines) is 1. The van der Waals surface area contributed by atoms with Crippen LogP contribution in [0.2, 0.25) is 5.02 Å². The summed E-state index contributed by atoms with van der Waals surface area (Å²) in [5.41, 5.74) is 0.471. The maximum absolute atomic E-state index is 12.1. The maximum Gasteiger partial charge on any atom is 0.345 e. The molecule has 2 amide bonds. The molecule has 0 aliphatic carbocycles. The monoisotopic (exact) mass is 346 g/mol. The largest absolute Gasteiger partial charge is 0.348 e. The lowest BCUT2D eigenvalue weighted by atomic mass is 10.0. The molecule has 1 aliphatic rings. The normalized spacial score (nSPS) is 18.1. The number of carbonyl (C=O) groups excluding carboxylic acids is 2. The van der Waals surface area contributed by atoms with Crippen LogP contribution in [-0.4, -0.2) is 49.1 Å². The Hall–Kier alpha value is -1.73. The molecule has 126 valence electrons. The predicted molar refractivity (Wildman–Crippen MR) is 80.5 cm³/mol. The average Bonchev–Trinajstić information content (AvgIpc) is 2.53. The summed E-state index contributed by atoms with van der Waals surface area (Å²) in [5.74, 6) is -0.763. The number of nitrogens with one attached hydrogen (secondary N) is 1. The van der Waals surface area contributed by atoms with E-state index in [2.05, 4.69) is 10.1 Å². The second kappa shape index (κ2) is 8.21. The molecule has 0 bridgehead atoms. The number of piperidine rings is 1.